The summed E-state index contributed by atoms with van der Waals surface area (Å²) in [4.78, 5) is 0. The molecule has 0 aromatic rings. The minimum Gasteiger partial charge on any atom is -0.0768 e. The molecule has 46 valence electrons. The van der Waals surface area contributed by atoms with Gasteiger partial charge in [0, 0.05) is 0 Å². The lowest BCUT2D eigenvalue weighted by Crippen LogP contribution is -2.07. The van der Waals surface area contributed by atoms with E-state index in [1.165, 1.54) is 25.5 Å². The van der Waals surface area contributed by atoms with Crippen LogP contribution in [0.15, 0.2) is 0 Å². The van der Waals surface area contributed by atoms with Crippen LogP contribution < -0.4 is 0 Å². The minimum atomic E-state index is 1.06. The van der Waals surface area contributed by atoms with Gasteiger partial charge in [0.2, 0.25) is 0 Å². The van der Waals surface area contributed by atoms with E-state index < -0.39 is 0 Å². The molecule has 0 radical (unpaired) electrons. The molecule has 1 saturated carbocycles. The molecule has 0 aliphatic heterocycles. The first-order valence-corrected chi connectivity index (χ1v) is 3.88. The molecule has 0 amide bonds. The molecule has 0 aromatic carbocycles. The summed E-state index contributed by atoms with van der Waals surface area (Å²) in [5.41, 5.74) is 0. The molecule has 0 N–H and O–H groups in total. The van der Waals surface area contributed by atoms with Crippen molar-refractivity contribution in [1.29, 1.82) is 0 Å². The van der Waals surface area contributed by atoms with Crippen molar-refractivity contribution in [3.63, 3.8) is 0 Å². The second-order valence-corrected chi connectivity index (χ2v) is 2.91. The van der Waals surface area contributed by atoms with Crippen molar-refractivity contribution in [3.8, 4) is 0 Å². The minimum absolute atomic E-state index is 1.06. The third-order valence-corrected chi connectivity index (χ3v) is 2.34. The van der Waals surface area contributed by atoms with Crippen LogP contribution in [0.4, 0.5) is 0 Å². The molecule has 1 rings (SSSR count). The molecule has 0 aromatic heterocycles. The molecule has 1 heteroatoms. The summed E-state index contributed by atoms with van der Waals surface area (Å²) >= 11 is 0. The Bertz CT molecular complexity index is 62.8. The zero-order valence-electron chi connectivity index (χ0n) is 5.98. The lowest BCUT2D eigenvalue weighted by molar-refractivity contribution is 1.22. The zero-order valence-corrected chi connectivity index (χ0v) is 5.98. The van der Waals surface area contributed by atoms with Crippen LogP contribution in [0.5, 0.6) is 0 Å². The highest BCUT2D eigenvalue weighted by Gasteiger charge is 2.30. The molecule has 1 aliphatic carbocycles. The predicted molar refractivity (Wildman–Crippen MR) is 39.7 cm³/mol. The van der Waals surface area contributed by atoms with Gasteiger partial charge in [-0.25, -0.2) is 0 Å². The van der Waals surface area contributed by atoms with Crippen molar-refractivity contribution in [1.82, 2.24) is 0 Å². The van der Waals surface area contributed by atoms with Crippen molar-refractivity contribution >= 4 is 6.71 Å². The molecular weight excluding hydrogens is 94.9 g/mol. The Morgan fingerprint density at radius 1 is 1.25 bits per heavy atom. The summed E-state index contributed by atoms with van der Waals surface area (Å²) in [5, 5.41) is 0. The van der Waals surface area contributed by atoms with Crippen molar-refractivity contribution in [2.75, 3.05) is 0 Å². The zero-order chi connectivity index (χ0) is 5.98. The predicted octanol–water partition coefficient (Wildman–Crippen LogP) is 2.69. The fourth-order valence-corrected chi connectivity index (χ4v) is 1.52. The maximum Gasteiger partial charge on any atom is 0.142 e. The quantitative estimate of drug-likeness (QED) is 0.490. The van der Waals surface area contributed by atoms with Crippen LogP contribution in [0.1, 0.15) is 26.7 Å². The van der Waals surface area contributed by atoms with Gasteiger partial charge in [-0.3, -0.25) is 0 Å². The molecule has 1 aliphatic rings. The van der Waals surface area contributed by atoms with Gasteiger partial charge in [0.15, 0.2) is 0 Å². The normalized spacial score (nSPS) is 18.8. The van der Waals surface area contributed by atoms with Gasteiger partial charge in [-0.15, -0.1) is 0 Å². The fourth-order valence-electron chi connectivity index (χ4n) is 1.52. The molecule has 0 saturated heterocycles. The second kappa shape index (κ2) is 2.57. The van der Waals surface area contributed by atoms with E-state index in [9.17, 15) is 0 Å². The van der Waals surface area contributed by atoms with E-state index in [-0.39, 0.29) is 0 Å². The molecule has 0 unspecified atom stereocenters. The van der Waals surface area contributed by atoms with Crippen molar-refractivity contribution in [2.45, 2.75) is 45.1 Å². The SMILES string of the molecule is CCB(CC)C1CC1. The van der Waals surface area contributed by atoms with E-state index in [0.717, 1.165) is 12.5 Å². The van der Waals surface area contributed by atoms with Crippen LogP contribution in [0.2, 0.25) is 18.5 Å². The Morgan fingerprint density at radius 2 is 1.75 bits per heavy atom. The Kier molecular flexibility index (Phi) is 1.98. The van der Waals surface area contributed by atoms with Crippen LogP contribution in [-0.4, -0.2) is 6.71 Å². The number of hydrogen-bond donors (Lipinski definition) is 0. The van der Waals surface area contributed by atoms with Crippen LogP contribution in [0.25, 0.3) is 0 Å². The summed E-state index contributed by atoms with van der Waals surface area (Å²) in [6.45, 7) is 5.69. The van der Waals surface area contributed by atoms with Crippen molar-refractivity contribution in [3.05, 3.63) is 0 Å². The average Bonchev–Trinajstić information content (AvgIpc) is 2.53. The Balaban J connectivity index is 2.15. The van der Waals surface area contributed by atoms with Gasteiger partial charge in [0.25, 0.3) is 0 Å². The molecule has 0 bridgehead atoms. The first-order chi connectivity index (χ1) is 3.88. The third-order valence-electron chi connectivity index (χ3n) is 2.34. The maximum atomic E-state index is 2.31. The molecule has 0 nitrogen and oxygen atoms in total. The summed E-state index contributed by atoms with van der Waals surface area (Å²) in [7, 11) is 0. The largest absolute Gasteiger partial charge is 0.142 e. The smallest absolute Gasteiger partial charge is 0.0768 e. The standard InChI is InChI=1S/C7H15B/c1-3-8(4-2)7-5-6-7/h7H,3-6H2,1-2H3. The lowest BCUT2D eigenvalue weighted by atomic mass is 9.42. The average molecular weight is 110 g/mol. The van der Waals surface area contributed by atoms with Gasteiger partial charge in [-0.1, -0.05) is 45.1 Å². The number of hydrogen-bond acceptors (Lipinski definition) is 0. The fraction of sp³-hybridized carbons (Fsp3) is 1.00. The first-order valence-electron chi connectivity index (χ1n) is 3.88. The van der Waals surface area contributed by atoms with Gasteiger partial charge in [-0.05, 0) is 0 Å². The van der Waals surface area contributed by atoms with Crippen LogP contribution >= 0.6 is 0 Å². The molecule has 1 fully saturated rings. The maximum absolute atomic E-state index is 2.31. The highest BCUT2D eigenvalue weighted by atomic mass is 14.2. The highest BCUT2D eigenvalue weighted by molar-refractivity contribution is 6.61. The van der Waals surface area contributed by atoms with Crippen LogP contribution in [0.3, 0.4) is 0 Å². The Labute approximate surface area is 52.7 Å². The summed E-state index contributed by atoms with van der Waals surface area (Å²) in [6.07, 6.45) is 5.85. The monoisotopic (exact) mass is 110 g/mol. The van der Waals surface area contributed by atoms with Crippen LogP contribution in [-0.2, 0) is 0 Å². The van der Waals surface area contributed by atoms with Crippen LogP contribution in [0, 0.1) is 0 Å². The third kappa shape index (κ3) is 1.27. The molecule has 0 atom stereocenters. The van der Waals surface area contributed by atoms with Crippen molar-refractivity contribution in [2.24, 2.45) is 0 Å². The van der Waals surface area contributed by atoms with Gasteiger partial charge in [-0.2, -0.15) is 0 Å². The Morgan fingerprint density at radius 3 is 1.88 bits per heavy atom. The summed E-state index contributed by atoms with van der Waals surface area (Å²) in [6, 6.07) is 0. The highest BCUT2D eigenvalue weighted by Crippen LogP contribution is 2.41. The van der Waals surface area contributed by atoms with E-state index >= 15 is 0 Å². The van der Waals surface area contributed by atoms with E-state index in [0.29, 0.717) is 0 Å². The molecular formula is C7H15B. The molecule has 0 spiro atoms. The van der Waals surface area contributed by atoms with Gasteiger partial charge >= 0.3 is 0 Å². The lowest BCUT2D eigenvalue weighted by Gasteiger charge is -2.02. The van der Waals surface area contributed by atoms with Crippen molar-refractivity contribution < 1.29 is 0 Å². The Hall–Kier alpha value is 0.0649. The first kappa shape index (κ1) is 6.19. The topological polar surface area (TPSA) is 0 Å². The van der Waals surface area contributed by atoms with Gasteiger partial charge in [0.05, 0.1) is 0 Å². The van der Waals surface area contributed by atoms with Gasteiger partial charge in [0.1, 0.15) is 6.71 Å². The molecule has 8 heavy (non-hydrogen) atoms. The van der Waals surface area contributed by atoms with Gasteiger partial charge < -0.3 is 0 Å². The van der Waals surface area contributed by atoms with E-state index in [4.69, 9.17) is 0 Å². The molecule has 0 heterocycles. The van der Waals surface area contributed by atoms with E-state index in [2.05, 4.69) is 13.8 Å². The summed E-state index contributed by atoms with van der Waals surface area (Å²) < 4.78 is 0. The number of rotatable bonds is 3. The van der Waals surface area contributed by atoms with E-state index in [1.54, 1.807) is 0 Å². The second-order valence-electron chi connectivity index (χ2n) is 2.91. The summed E-state index contributed by atoms with van der Waals surface area (Å²) in [5.74, 6) is 1.13. The van der Waals surface area contributed by atoms with E-state index in [1.807, 2.05) is 0 Å².